The third kappa shape index (κ3) is 3.93. The molecule has 1 aromatic carbocycles. The van der Waals surface area contributed by atoms with Crippen molar-refractivity contribution in [1.29, 1.82) is 0 Å². The molecule has 2 N–H and O–H groups in total. The maximum Gasteiger partial charge on any atom is 0.227 e. The first-order valence-corrected chi connectivity index (χ1v) is 8.80. The van der Waals surface area contributed by atoms with E-state index in [1.165, 1.54) is 11.1 Å². The normalized spacial score (nSPS) is 20.0. The molecule has 2 aliphatic rings. The van der Waals surface area contributed by atoms with Gasteiger partial charge in [0.2, 0.25) is 5.91 Å². The van der Waals surface area contributed by atoms with Crippen molar-refractivity contribution >= 4 is 11.6 Å². The maximum atomic E-state index is 12.3. The van der Waals surface area contributed by atoms with E-state index in [2.05, 4.69) is 30.1 Å². The summed E-state index contributed by atoms with van der Waals surface area (Å²) in [6.45, 7) is 7.39. The monoisotopic (exact) mass is 316 g/mol. The molecular formula is C19H28N2O2. The van der Waals surface area contributed by atoms with Crippen LogP contribution in [0.5, 0.6) is 0 Å². The van der Waals surface area contributed by atoms with Gasteiger partial charge in [-0.3, -0.25) is 9.69 Å². The van der Waals surface area contributed by atoms with Crippen LogP contribution in [0.1, 0.15) is 57.1 Å². The summed E-state index contributed by atoms with van der Waals surface area (Å²) >= 11 is 0. The minimum atomic E-state index is -0.786. The van der Waals surface area contributed by atoms with E-state index in [1.807, 2.05) is 12.1 Å². The SMILES string of the molecule is CC(C)CN1Cc2cccc(NC(=O)CC3(O)CCCC3)c2C1. The average molecular weight is 316 g/mol. The number of amides is 1. The Hall–Kier alpha value is -1.39. The second kappa shape index (κ2) is 6.62. The zero-order valence-electron chi connectivity index (χ0n) is 14.3. The third-order valence-corrected chi connectivity index (χ3v) is 4.97. The van der Waals surface area contributed by atoms with Crippen LogP contribution in [-0.4, -0.2) is 28.1 Å². The van der Waals surface area contributed by atoms with Gasteiger partial charge in [-0.1, -0.05) is 38.8 Å². The van der Waals surface area contributed by atoms with Crippen LogP contribution in [0.25, 0.3) is 0 Å². The number of hydrogen-bond donors (Lipinski definition) is 2. The summed E-state index contributed by atoms with van der Waals surface area (Å²) in [5, 5.41) is 13.4. The summed E-state index contributed by atoms with van der Waals surface area (Å²) in [6.07, 6.45) is 3.75. The molecule has 23 heavy (non-hydrogen) atoms. The van der Waals surface area contributed by atoms with Crippen LogP contribution in [0.4, 0.5) is 5.69 Å². The predicted octanol–water partition coefficient (Wildman–Crippen LogP) is 3.29. The van der Waals surface area contributed by atoms with Crippen molar-refractivity contribution in [2.24, 2.45) is 5.92 Å². The molecule has 0 aromatic heterocycles. The van der Waals surface area contributed by atoms with Gasteiger partial charge in [-0.05, 0) is 36.0 Å². The highest BCUT2D eigenvalue weighted by Crippen LogP contribution is 2.34. The standard InChI is InChI=1S/C19H28N2O2/c1-14(2)11-21-12-15-6-5-7-17(16(15)13-21)20-18(22)10-19(23)8-3-4-9-19/h5-7,14,23H,3-4,8-13H2,1-2H3,(H,20,22). The van der Waals surface area contributed by atoms with Gasteiger partial charge < -0.3 is 10.4 Å². The topological polar surface area (TPSA) is 52.6 Å². The highest BCUT2D eigenvalue weighted by Gasteiger charge is 2.33. The quantitative estimate of drug-likeness (QED) is 0.876. The number of fused-ring (bicyclic) bond motifs is 1. The number of carbonyl (C=O) groups is 1. The fraction of sp³-hybridized carbons (Fsp3) is 0.632. The first-order chi connectivity index (χ1) is 11.0. The molecule has 0 spiro atoms. The Morgan fingerprint density at radius 1 is 1.30 bits per heavy atom. The van der Waals surface area contributed by atoms with E-state index in [0.29, 0.717) is 5.92 Å². The minimum absolute atomic E-state index is 0.0647. The molecule has 0 atom stereocenters. The largest absolute Gasteiger partial charge is 0.389 e. The van der Waals surface area contributed by atoms with Crippen LogP contribution >= 0.6 is 0 Å². The Balaban J connectivity index is 1.66. The summed E-state index contributed by atoms with van der Waals surface area (Å²) in [6, 6.07) is 6.14. The summed E-state index contributed by atoms with van der Waals surface area (Å²) in [5.74, 6) is 0.573. The highest BCUT2D eigenvalue weighted by atomic mass is 16.3. The van der Waals surface area contributed by atoms with Crippen LogP contribution in [0.3, 0.4) is 0 Å². The number of aliphatic hydroxyl groups is 1. The Morgan fingerprint density at radius 2 is 2.04 bits per heavy atom. The Labute approximate surface area is 138 Å². The second-order valence-electron chi connectivity index (χ2n) is 7.66. The van der Waals surface area contributed by atoms with Crippen molar-refractivity contribution in [3.63, 3.8) is 0 Å². The van der Waals surface area contributed by atoms with Crippen molar-refractivity contribution < 1.29 is 9.90 Å². The van der Waals surface area contributed by atoms with Crippen molar-refractivity contribution in [2.45, 2.75) is 64.6 Å². The molecular weight excluding hydrogens is 288 g/mol. The van der Waals surface area contributed by atoms with E-state index in [4.69, 9.17) is 0 Å². The summed E-state index contributed by atoms with van der Waals surface area (Å²) in [4.78, 5) is 14.8. The Bertz CT molecular complexity index is 577. The summed E-state index contributed by atoms with van der Waals surface area (Å²) < 4.78 is 0. The molecule has 1 saturated carbocycles. The molecule has 4 heteroatoms. The van der Waals surface area contributed by atoms with Crippen molar-refractivity contribution in [3.8, 4) is 0 Å². The fourth-order valence-corrected chi connectivity index (χ4v) is 3.96. The fourth-order valence-electron chi connectivity index (χ4n) is 3.96. The van der Waals surface area contributed by atoms with Crippen LogP contribution in [0, 0.1) is 5.92 Å². The van der Waals surface area contributed by atoms with Crippen molar-refractivity contribution in [3.05, 3.63) is 29.3 Å². The van der Waals surface area contributed by atoms with Crippen LogP contribution < -0.4 is 5.32 Å². The van der Waals surface area contributed by atoms with E-state index in [1.54, 1.807) is 0 Å². The lowest BCUT2D eigenvalue weighted by Crippen LogP contribution is -2.31. The van der Waals surface area contributed by atoms with E-state index >= 15 is 0 Å². The van der Waals surface area contributed by atoms with E-state index in [9.17, 15) is 9.90 Å². The zero-order chi connectivity index (χ0) is 16.4. The smallest absolute Gasteiger partial charge is 0.227 e. The number of benzene rings is 1. The molecule has 4 nitrogen and oxygen atoms in total. The van der Waals surface area contributed by atoms with Gasteiger partial charge in [-0.2, -0.15) is 0 Å². The lowest BCUT2D eigenvalue weighted by molar-refractivity contribution is -0.120. The number of anilines is 1. The van der Waals surface area contributed by atoms with Crippen LogP contribution in [0.15, 0.2) is 18.2 Å². The lowest BCUT2D eigenvalue weighted by atomic mass is 9.97. The molecule has 0 unspecified atom stereocenters. The highest BCUT2D eigenvalue weighted by molar-refractivity contribution is 5.92. The first-order valence-electron chi connectivity index (χ1n) is 8.80. The van der Waals surface area contributed by atoms with E-state index < -0.39 is 5.60 Å². The number of hydrogen-bond acceptors (Lipinski definition) is 3. The number of carbonyl (C=O) groups excluding carboxylic acids is 1. The predicted molar refractivity (Wildman–Crippen MR) is 92.1 cm³/mol. The molecule has 1 heterocycles. The van der Waals surface area contributed by atoms with Crippen LogP contribution in [-0.2, 0) is 17.9 Å². The number of rotatable bonds is 5. The second-order valence-corrected chi connectivity index (χ2v) is 7.66. The molecule has 1 aliphatic carbocycles. The van der Waals surface area contributed by atoms with Gasteiger partial charge in [0.15, 0.2) is 0 Å². The minimum Gasteiger partial charge on any atom is -0.389 e. The first kappa shape index (κ1) is 16.5. The third-order valence-electron chi connectivity index (χ3n) is 4.97. The lowest BCUT2D eigenvalue weighted by Gasteiger charge is -2.21. The van der Waals surface area contributed by atoms with Gasteiger partial charge >= 0.3 is 0 Å². The van der Waals surface area contributed by atoms with Gasteiger partial charge in [-0.15, -0.1) is 0 Å². The van der Waals surface area contributed by atoms with Gasteiger partial charge in [0.25, 0.3) is 0 Å². The van der Waals surface area contributed by atoms with Gasteiger partial charge in [0.1, 0.15) is 0 Å². The molecule has 0 bridgehead atoms. The van der Waals surface area contributed by atoms with E-state index in [-0.39, 0.29) is 12.3 Å². The van der Waals surface area contributed by atoms with Crippen molar-refractivity contribution in [1.82, 2.24) is 4.90 Å². The molecule has 0 saturated heterocycles. The molecule has 126 valence electrons. The molecule has 3 rings (SSSR count). The Kier molecular flexibility index (Phi) is 4.74. The molecule has 1 fully saturated rings. The van der Waals surface area contributed by atoms with Crippen LogP contribution in [0.2, 0.25) is 0 Å². The van der Waals surface area contributed by atoms with Crippen molar-refractivity contribution in [2.75, 3.05) is 11.9 Å². The molecule has 1 aliphatic heterocycles. The van der Waals surface area contributed by atoms with Gasteiger partial charge in [-0.25, -0.2) is 0 Å². The van der Waals surface area contributed by atoms with E-state index in [0.717, 1.165) is 51.0 Å². The summed E-state index contributed by atoms with van der Waals surface area (Å²) in [5.41, 5.74) is 2.68. The molecule has 0 radical (unpaired) electrons. The molecule has 1 aromatic rings. The Morgan fingerprint density at radius 3 is 2.74 bits per heavy atom. The van der Waals surface area contributed by atoms with Gasteiger partial charge in [0, 0.05) is 25.3 Å². The molecule has 1 amide bonds. The number of nitrogens with zero attached hydrogens (tertiary/aromatic N) is 1. The van der Waals surface area contributed by atoms with Gasteiger partial charge in [0.05, 0.1) is 12.0 Å². The average Bonchev–Trinajstić information content (AvgIpc) is 3.04. The summed E-state index contributed by atoms with van der Waals surface area (Å²) in [7, 11) is 0. The maximum absolute atomic E-state index is 12.3. The zero-order valence-corrected chi connectivity index (χ0v) is 14.3. The number of nitrogens with one attached hydrogen (secondary N) is 1.